The summed E-state index contributed by atoms with van der Waals surface area (Å²) in [5, 5.41) is 5.02. The summed E-state index contributed by atoms with van der Waals surface area (Å²) in [6, 6.07) is 9.91. The number of rotatable bonds is 10. The van der Waals surface area contributed by atoms with E-state index in [0.29, 0.717) is 38.8 Å². The fourth-order valence-electron chi connectivity index (χ4n) is 4.85. The maximum Gasteiger partial charge on any atom is 0.317 e. The number of nitrogens with zero attached hydrogens (tertiary/aromatic N) is 2. The van der Waals surface area contributed by atoms with E-state index >= 15 is 0 Å². The highest BCUT2D eigenvalue weighted by molar-refractivity contribution is 7.10. The second kappa shape index (κ2) is 12.6. The number of fused-ring (bicyclic) bond motifs is 1. The summed E-state index contributed by atoms with van der Waals surface area (Å²) in [5.74, 6) is 1.21. The third kappa shape index (κ3) is 6.59. The van der Waals surface area contributed by atoms with E-state index in [-0.39, 0.29) is 30.6 Å². The van der Waals surface area contributed by atoms with Crippen LogP contribution in [-0.2, 0) is 16.0 Å². The van der Waals surface area contributed by atoms with Crippen LogP contribution in [0.2, 0.25) is 0 Å². The summed E-state index contributed by atoms with van der Waals surface area (Å²) < 4.78 is 12.0. The van der Waals surface area contributed by atoms with Crippen molar-refractivity contribution in [1.29, 1.82) is 0 Å². The van der Waals surface area contributed by atoms with Gasteiger partial charge in [-0.3, -0.25) is 4.79 Å². The second-order valence-electron chi connectivity index (χ2n) is 9.93. The first-order chi connectivity index (χ1) is 17.5. The Labute approximate surface area is 218 Å². The molecular formula is C28H39N3O4S. The van der Waals surface area contributed by atoms with Gasteiger partial charge in [0.2, 0.25) is 5.91 Å². The minimum atomic E-state index is -0.202. The van der Waals surface area contributed by atoms with Crippen LogP contribution in [-0.4, -0.2) is 67.2 Å². The van der Waals surface area contributed by atoms with Gasteiger partial charge >= 0.3 is 6.03 Å². The Balaban J connectivity index is 1.46. The van der Waals surface area contributed by atoms with Crippen molar-refractivity contribution < 1.29 is 19.1 Å². The second-order valence-corrected chi connectivity index (χ2v) is 10.9. The Kier molecular flexibility index (Phi) is 9.26. The van der Waals surface area contributed by atoms with E-state index in [4.69, 9.17) is 9.47 Å². The Morgan fingerprint density at radius 1 is 1.25 bits per heavy atom. The highest BCUT2D eigenvalue weighted by atomic mass is 32.1. The van der Waals surface area contributed by atoms with Gasteiger partial charge in [-0.25, -0.2) is 4.79 Å². The van der Waals surface area contributed by atoms with Gasteiger partial charge in [-0.1, -0.05) is 32.9 Å². The topological polar surface area (TPSA) is 71.1 Å². The van der Waals surface area contributed by atoms with Crippen molar-refractivity contribution in [1.82, 2.24) is 15.1 Å². The molecule has 0 saturated carbocycles. The number of benzene rings is 1. The van der Waals surface area contributed by atoms with E-state index in [1.54, 1.807) is 16.2 Å². The van der Waals surface area contributed by atoms with Crippen molar-refractivity contribution in [3.05, 3.63) is 51.7 Å². The molecule has 2 aliphatic rings. The molecule has 0 radical (unpaired) electrons. The molecule has 2 atom stereocenters. The molecule has 1 aromatic carbocycles. The first-order valence-electron chi connectivity index (χ1n) is 13.2. The van der Waals surface area contributed by atoms with Crippen molar-refractivity contribution in [2.45, 2.75) is 64.5 Å². The van der Waals surface area contributed by atoms with Crippen molar-refractivity contribution in [3.8, 4) is 5.75 Å². The third-order valence-corrected chi connectivity index (χ3v) is 7.95. The Morgan fingerprint density at radius 3 is 2.75 bits per heavy atom. The average Bonchev–Trinajstić information content (AvgIpc) is 3.57. The highest BCUT2D eigenvalue weighted by Crippen LogP contribution is 2.34. The number of ether oxygens (including phenoxy) is 2. The van der Waals surface area contributed by atoms with E-state index in [2.05, 4.69) is 42.7 Å². The van der Waals surface area contributed by atoms with Gasteiger partial charge in [-0.15, -0.1) is 11.3 Å². The zero-order chi connectivity index (χ0) is 25.5. The van der Waals surface area contributed by atoms with E-state index in [9.17, 15) is 9.59 Å². The summed E-state index contributed by atoms with van der Waals surface area (Å²) in [4.78, 5) is 31.4. The summed E-state index contributed by atoms with van der Waals surface area (Å²) in [5.41, 5.74) is 2.42. The van der Waals surface area contributed by atoms with Gasteiger partial charge in [0.05, 0.1) is 12.1 Å². The molecule has 2 aromatic rings. The van der Waals surface area contributed by atoms with Crippen LogP contribution < -0.4 is 10.1 Å². The van der Waals surface area contributed by atoms with Crippen LogP contribution in [0.3, 0.4) is 0 Å². The van der Waals surface area contributed by atoms with Gasteiger partial charge in [0.25, 0.3) is 0 Å². The summed E-state index contributed by atoms with van der Waals surface area (Å²) in [7, 11) is 0. The van der Waals surface area contributed by atoms with Gasteiger partial charge in [0, 0.05) is 31.1 Å². The zero-order valence-electron chi connectivity index (χ0n) is 21.7. The number of hydrogen-bond donors (Lipinski definition) is 1. The summed E-state index contributed by atoms with van der Waals surface area (Å²) in [6.45, 7) is 9.13. The zero-order valence-corrected chi connectivity index (χ0v) is 22.5. The molecule has 36 heavy (non-hydrogen) atoms. The Hall–Kier alpha value is -2.58. The normalized spacial score (nSPS) is 19.3. The molecular weight excluding hydrogens is 474 g/mol. The minimum absolute atomic E-state index is 0.0112. The molecule has 2 aliphatic heterocycles. The summed E-state index contributed by atoms with van der Waals surface area (Å²) >= 11 is 1.73. The molecule has 8 heteroatoms. The van der Waals surface area contributed by atoms with Crippen molar-refractivity contribution in [2.24, 2.45) is 0 Å². The predicted molar refractivity (Wildman–Crippen MR) is 143 cm³/mol. The highest BCUT2D eigenvalue weighted by Gasteiger charge is 2.34. The monoisotopic (exact) mass is 513 g/mol. The maximum absolute atomic E-state index is 13.6. The number of hydrogen-bond acceptors (Lipinski definition) is 5. The molecule has 0 bridgehead atoms. The van der Waals surface area contributed by atoms with Crippen molar-refractivity contribution >= 4 is 23.3 Å². The van der Waals surface area contributed by atoms with Crippen LogP contribution in [0.25, 0.3) is 0 Å². The predicted octanol–water partition coefficient (Wildman–Crippen LogP) is 4.98. The van der Waals surface area contributed by atoms with Crippen molar-refractivity contribution in [3.63, 3.8) is 0 Å². The number of nitrogens with one attached hydrogen (secondary N) is 1. The molecule has 3 heterocycles. The van der Waals surface area contributed by atoms with Crippen LogP contribution in [0.5, 0.6) is 5.75 Å². The van der Waals surface area contributed by atoms with Gasteiger partial charge in [-0.2, -0.15) is 0 Å². The lowest BCUT2D eigenvalue weighted by Gasteiger charge is -2.37. The van der Waals surface area contributed by atoms with Crippen LogP contribution in [0, 0.1) is 0 Å². The minimum Gasteiger partial charge on any atom is -0.491 e. The molecule has 7 nitrogen and oxygen atoms in total. The third-order valence-electron chi connectivity index (χ3n) is 6.96. The molecule has 1 aromatic heterocycles. The molecule has 0 spiro atoms. The average molecular weight is 514 g/mol. The molecule has 4 rings (SSSR count). The van der Waals surface area contributed by atoms with Gasteiger partial charge in [0.15, 0.2) is 0 Å². The van der Waals surface area contributed by atoms with Crippen LogP contribution in [0.1, 0.15) is 68.0 Å². The standard InChI is InChI=1S/C28H39N3O4S/c1-4-13-29-28(33)30(17-23-6-5-15-34-23)18-27(32)31-14-11-26-24(12-16-36-26)25(31)19-35-22-9-7-21(8-10-22)20(2)3/h7-10,12,16,20,23,25H,4-6,11,13-15,17-19H2,1-3H3,(H,29,33)/t23-,25+/m1/s1. The number of carbonyl (C=O) groups excluding carboxylic acids is 2. The van der Waals surface area contributed by atoms with E-state index < -0.39 is 0 Å². The van der Waals surface area contributed by atoms with E-state index in [1.807, 2.05) is 24.0 Å². The number of carbonyl (C=O) groups is 2. The lowest BCUT2D eigenvalue weighted by atomic mass is 10.00. The number of amides is 3. The van der Waals surface area contributed by atoms with Crippen molar-refractivity contribution in [2.75, 3.05) is 39.4 Å². The molecule has 1 saturated heterocycles. The molecule has 196 valence electrons. The molecule has 1 fully saturated rings. The van der Waals surface area contributed by atoms with E-state index in [0.717, 1.165) is 37.0 Å². The Morgan fingerprint density at radius 2 is 2.06 bits per heavy atom. The molecule has 3 amide bonds. The van der Waals surface area contributed by atoms with Crippen LogP contribution in [0.15, 0.2) is 35.7 Å². The first kappa shape index (κ1) is 26.5. The fraction of sp³-hybridized carbons (Fsp3) is 0.571. The number of urea groups is 1. The lowest BCUT2D eigenvalue weighted by molar-refractivity contribution is -0.135. The van der Waals surface area contributed by atoms with Crippen LogP contribution in [0.4, 0.5) is 4.79 Å². The van der Waals surface area contributed by atoms with Gasteiger partial charge in [-0.05, 0) is 66.3 Å². The molecule has 0 unspecified atom stereocenters. The number of thiophene rings is 1. The first-order valence-corrected chi connectivity index (χ1v) is 14.1. The maximum atomic E-state index is 13.6. The Bertz CT molecular complexity index is 1000. The molecule has 1 N–H and O–H groups in total. The summed E-state index contributed by atoms with van der Waals surface area (Å²) in [6.07, 6.45) is 3.57. The van der Waals surface area contributed by atoms with Crippen LogP contribution >= 0.6 is 11.3 Å². The quantitative estimate of drug-likeness (QED) is 0.487. The largest absolute Gasteiger partial charge is 0.491 e. The lowest BCUT2D eigenvalue weighted by Crippen LogP contribution is -2.51. The van der Waals surface area contributed by atoms with E-state index in [1.165, 1.54) is 10.4 Å². The SMILES string of the molecule is CCCNC(=O)N(CC(=O)N1CCc2sccc2[C@@H]1COc1ccc(C(C)C)cc1)C[C@H]1CCCO1. The smallest absolute Gasteiger partial charge is 0.317 e. The van der Waals surface area contributed by atoms with Gasteiger partial charge in [0.1, 0.15) is 18.9 Å². The molecule has 0 aliphatic carbocycles. The fourth-order valence-corrected chi connectivity index (χ4v) is 5.78. The van der Waals surface area contributed by atoms with Gasteiger partial charge < -0.3 is 24.6 Å².